The van der Waals surface area contributed by atoms with Gasteiger partial charge in [0.15, 0.2) is 0 Å². The van der Waals surface area contributed by atoms with Crippen LogP contribution < -0.4 is 10.4 Å². The second kappa shape index (κ2) is 5.17. The Morgan fingerprint density at radius 3 is 2.65 bits per heavy atom. The minimum atomic E-state index is 0.0172. The molecule has 1 N–H and O–H groups in total. The summed E-state index contributed by atoms with van der Waals surface area (Å²) in [5.74, 6) is 0.0338. The van der Waals surface area contributed by atoms with Crippen molar-refractivity contribution in [1.82, 2.24) is 5.43 Å². The quantitative estimate of drug-likeness (QED) is 0.914. The Bertz CT molecular complexity index is 639. The zero-order valence-corrected chi connectivity index (χ0v) is 11.9. The van der Waals surface area contributed by atoms with E-state index in [4.69, 9.17) is 11.6 Å². The number of anilines is 1. The van der Waals surface area contributed by atoms with Crippen LogP contribution in [0.25, 0.3) is 0 Å². The fourth-order valence-electron chi connectivity index (χ4n) is 2.52. The molecular weight excluding hydrogens is 272 g/mol. The molecule has 0 radical (unpaired) electrons. The average Bonchev–Trinajstić information content (AvgIpc) is 2.82. The Labute approximate surface area is 123 Å². The van der Waals surface area contributed by atoms with Crippen molar-refractivity contribution in [1.29, 1.82) is 0 Å². The van der Waals surface area contributed by atoms with Crippen molar-refractivity contribution >= 4 is 23.2 Å². The average molecular weight is 287 g/mol. The van der Waals surface area contributed by atoms with Gasteiger partial charge in [0.05, 0.1) is 18.2 Å². The second-order valence-corrected chi connectivity index (χ2v) is 5.45. The molecular formula is C16H15ClN2O. The first-order chi connectivity index (χ1) is 9.63. The number of rotatable bonds is 2. The number of nitrogens with zero attached hydrogens (tertiary/aromatic N) is 1. The Morgan fingerprint density at radius 1 is 1.20 bits per heavy atom. The van der Waals surface area contributed by atoms with Crippen LogP contribution in [0.2, 0.25) is 5.02 Å². The Balaban J connectivity index is 1.96. The first-order valence-electron chi connectivity index (χ1n) is 6.54. The van der Waals surface area contributed by atoms with E-state index in [9.17, 15) is 4.79 Å². The van der Waals surface area contributed by atoms with Gasteiger partial charge in [-0.25, -0.2) is 0 Å². The molecule has 0 aliphatic carbocycles. The van der Waals surface area contributed by atoms with E-state index < -0.39 is 0 Å². The summed E-state index contributed by atoms with van der Waals surface area (Å²) in [4.78, 5) is 11.8. The smallest absolute Gasteiger partial charge is 0.241 e. The van der Waals surface area contributed by atoms with Gasteiger partial charge in [0.1, 0.15) is 0 Å². The van der Waals surface area contributed by atoms with Crippen LogP contribution in [0, 0.1) is 6.92 Å². The Morgan fingerprint density at radius 2 is 1.95 bits per heavy atom. The van der Waals surface area contributed by atoms with Crippen molar-refractivity contribution < 1.29 is 4.79 Å². The van der Waals surface area contributed by atoms with Crippen molar-refractivity contribution in [3.05, 3.63) is 64.7 Å². The van der Waals surface area contributed by atoms with E-state index in [2.05, 4.69) is 30.5 Å². The third kappa shape index (κ3) is 2.49. The third-order valence-electron chi connectivity index (χ3n) is 3.47. The number of hydrogen-bond acceptors (Lipinski definition) is 2. The van der Waals surface area contributed by atoms with E-state index in [1.54, 1.807) is 0 Å². The number of carbonyl (C=O) groups is 1. The molecule has 3 rings (SSSR count). The zero-order valence-electron chi connectivity index (χ0n) is 11.1. The van der Waals surface area contributed by atoms with Gasteiger partial charge in [0.2, 0.25) is 5.91 Å². The molecule has 1 aliphatic heterocycles. The molecule has 1 amide bonds. The van der Waals surface area contributed by atoms with Gasteiger partial charge in [0.25, 0.3) is 0 Å². The monoisotopic (exact) mass is 286 g/mol. The highest BCUT2D eigenvalue weighted by Crippen LogP contribution is 2.32. The first kappa shape index (κ1) is 13.0. The van der Waals surface area contributed by atoms with Gasteiger partial charge in [-0.1, -0.05) is 41.4 Å². The molecule has 1 unspecified atom stereocenters. The van der Waals surface area contributed by atoms with Crippen LogP contribution in [-0.2, 0) is 4.79 Å². The number of carbonyl (C=O) groups excluding carboxylic acids is 1. The van der Waals surface area contributed by atoms with Crippen LogP contribution in [0.4, 0.5) is 5.69 Å². The predicted molar refractivity (Wildman–Crippen MR) is 80.6 cm³/mol. The number of hydrogen-bond donors (Lipinski definition) is 1. The van der Waals surface area contributed by atoms with E-state index >= 15 is 0 Å². The Kier molecular flexibility index (Phi) is 3.36. The highest BCUT2D eigenvalue weighted by molar-refractivity contribution is 6.30. The van der Waals surface area contributed by atoms with Crippen molar-refractivity contribution in [3.63, 3.8) is 0 Å². The number of halogens is 1. The lowest BCUT2D eigenvalue weighted by Crippen LogP contribution is -2.34. The maximum atomic E-state index is 11.8. The molecule has 1 heterocycles. The lowest BCUT2D eigenvalue weighted by atomic mass is 10.0. The SMILES string of the molecule is Cc1cccc(C2CC(=O)NN2c2ccc(Cl)cc2)c1. The Hall–Kier alpha value is -2.00. The fraction of sp³-hybridized carbons (Fsp3) is 0.188. The van der Waals surface area contributed by atoms with Gasteiger partial charge < -0.3 is 0 Å². The highest BCUT2D eigenvalue weighted by Gasteiger charge is 2.31. The maximum absolute atomic E-state index is 11.8. The number of nitrogens with one attached hydrogen (secondary N) is 1. The summed E-state index contributed by atoms with van der Waals surface area (Å²) < 4.78 is 0. The molecule has 102 valence electrons. The molecule has 1 aliphatic rings. The molecule has 2 aromatic carbocycles. The lowest BCUT2D eigenvalue weighted by molar-refractivity contribution is -0.119. The van der Waals surface area contributed by atoms with Crippen LogP contribution in [-0.4, -0.2) is 5.91 Å². The van der Waals surface area contributed by atoms with E-state index in [0.29, 0.717) is 11.4 Å². The third-order valence-corrected chi connectivity index (χ3v) is 3.72. The molecule has 1 saturated heterocycles. The molecule has 1 fully saturated rings. The van der Waals surface area contributed by atoms with Crippen molar-refractivity contribution in [3.8, 4) is 0 Å². The van der Waals surface area contributed by atoms with Crippen LogP contribution >= 0.6 is 11.6 Å². The summed E-state index contributed by atoms with van der Waals surface area (Å²) in [6, 6.07) is 15.8. The van der Waals surface area contributed by atoms with Gasteiger partial charge in [-0.2, -0.15) is 0 Å². The van der Waals surface area contributed by atoms with Crippen LogP contribution in [0.5, 0.6) is 0 Å². The van der Waals surface area contributed by atoms with E-state index in [0.717, 1.165) is 11.3 Å². The minimum Gasteiger partial charge on any atom is -0.278 e. The molecule has 1 atom stereocenters. The van der Waals surface area contributed by atoms with Gasteiger partial charge in [-0.05, 0) is 36.8 Å². The number of amides is 1. The van der Waals surface area contributed by atoms with E-state index in [1.807, 2.05) is 35.3 Å². The van der Waals surface area contributed by atoms with Gasteiger partial charge in [-0.3, -0.25) is 15.2 Å². The largest absolute Gasteiger partial charge is 0.278 e. The summed E-state index contributed by atoms with van der Waals surface area (Å²) in [6.07, 6.45) is 0.464. The lowest BCUT2D eigenvalue weighted by Gasteiger charge is -2.26. The molecule has 2 aromatic rings. The summed E-state index contributed by atoms with van der Waals surface area (Å²) in [6.45, 7) is 2.06. The standard InChI is InChI=1S/C16H15ClN2O/c1-11-3-2-4-12(9-11)15-10-16(20)18-19(15)14-7-5-13(17)6-8-14/h2-9,15H,10H2,1H3,(H,18,20). The normalized spacial score (nSPS) is 18.2. The highest BCUT2D eigenvalue weighted by atomic mass is 35.5. The van der Waals surface area contributed by atoms with Gasteiger partial charge >= 0.3 is 0 Å². The minimum absolute atomic E-state index is 0.0172. The van der Waals surface area contributed by atoms with Crippen LogP contribution in [0.1, 0.15) is 23.6 Å². The van der Waals surface area contributed by atoms with Crippen LogP contribution in [0.15, 0.2) is 48.5 Å². The second-order valence-electron chi connectivity index (χ2n) is 5.02. The number of benzene rings is 2. The topological polar surface area (TPSA) is 32.3 Å². The summed E-state index contributed by atoms with van der Waals surface area (Å²) in [7, 11) is 0. The van der Waals surface area contributed by atoms with Crippen molar-refractivity contribution in [2.24, 2.45) is 0 Å². The molecule has 0 aromatic heterocycles. The fourth-order valence-corrected chi connectivity index (χ4v) is 2.64. The van der Waals surface area contributed by atoms with Crippen molar-refractivity contribution in [2.45, 2.75) is 19.4 Å². The van der Waals surface area contributed by atoms with Gasteiger partial charge in [0, 0.05) is 5.02 Å². The molecule has 0 bridgehead atoms. The summed E-state index contributed by atoms with van der Waals surface area (Å²) >= 11 is 5.92. The van der Waals surface area contributed by atoms with Crippen LogP contribution in [0.3, 0.4) is 0 Å². The van der Waals surface area contributed by atoms with Gasteiger partial charge in [-0.15, -0.1) is 0 Å². The molecule has 20 heavy (non-hydrogen) atoms. The predicted octanol–water partition coefficient (Wildman–Crippen LogP) is 3.63. The van der Waals surface area contributed by atoms with E-state index in [-0.39, 0.29) is 11.9 Å². The molecule has 4 heteroatoms. The molecule has 3 nitrogen and oxygen atoms in total. The number of hydrazine groups is 1. The summed E-state index contributed by atoms with van der Waals surface area (Å²) in [5, 5.41) is 2.60. The first-order valence-corrected chi connectivity index (χ1v) is 6.92. The maximum Gasteiger partial charge on any atom is 0.241 e. The number of aryl methyl sites for hydroxylation is 1. The zero-order chi connectivity index (χ0) is 14.1. The molecule has 0 saturated carbocycles. The molecule has 0 spiro atoms. The summed E-state index contributed by atoms with van der Waals surface area (Å²) in [5.41, 5.74) is 6.18. The van der Waals surface area contributed by atoms with Crippen molar-refractivity contribution in [2.75, 3.05) is 5.01 Å². The van der Waals surface area contributed by atoms with E-state index in [1.165, 1.54) is 5.56 Å².